The van der Waals surface area contributed by atoms with E-state index in [2.05, 4.69) is 22.4 Å². The first-order chi connectivity index (χ1) is 13.2. The molecular formula is C22H24N2O3. The molecule has 0 bridgehead atoms. The van der Waals surface area contributed by atoms with Gasteiger partial charge in [-0.25, -0.2) is 0 Å². The van der Waals surface area contributed by atoms with Gasteiger partial charge in [0, 0.05) is 23.9 Å². The molecule has 0 atom stereocenters. The number of methoxy groups -OCH3 is 1. The third-order valence-electron chi connectivity index (χ3n) is 4.19. The lowest BCUT2D eigenvalue weighted by Gasteiger charge is -2.08. The summed E-state index contributed by atoms with van der Waals surface area (Å²) in [5.74, 6) is 1.49. The smallest absolute Gasteiger partial charge is 0.220 e. The highest BCUT2D eigenvalue weighted by Crippen LogP contribution is 2.19. The van der Waals surface area contributed by atoms with E-state index < -0.39 is 0 Å². The van der Waals surface area contributed by atoms with Crippen molar-refractivity contribution in [2.24, 2.45) is 0 Å². The fraction of sp³-hybridized carbons (Fsp3) is 0.227. The molecule has 3 rings (SSSR count). The molecule has 5 heteroatoms. The van der Waals surface area contributed by atoms with Crippen LogP contribution in [-0.2, 0) is 11.2 Å². The number of H-pyrrole nitrogens is 1. The lowest BCUT2D eigenvalue weighted by molar-refractivity contribution is -0.121. The minimum absolute atomic E-state index is 0.0140. The molecule has 27 heavy (non-hydrogen) atoms. The van der Waals surface area contributed by atoms with Crippen LogP contribution in [0.1, 0.15) is 12.1 Å². The van der Waals surface area contributed by atoms with Crippen molar-refractivity contribution in [2.75, 3.05) is 20.3 Å². The predicted molar refractivity (Wildman–Crippen MR) is 106 cm³/mol. The van der Waals surface area contributed by atoms with Gasteiger partial charge in [0.05, 0.1) is 13.7 Å². The zero-order valence-electron chi connectivity index (χ0n) is 15.4. The van der Waals surface area contributed by atoms with E-state index in [0.29, 0.717) is 26.0 Å². The number of nitrogens with one attached hydrogen (secondary N) is 2. The monoisotopic (exact) mass is 364 g/mol. The fourth-order valence-electron chi connectivity index (χ4n) is 2.76. The van der Waals surface area contributed by atoms with Crippen molar-refractivity contribution in [1.29, 1.82) is 0 Å². The molecule has 0 saturated heterocycles. The Bertz CT molecular complexity index is 859. The van der Waals surface area contributed by atoms with Crippen LogP contribution in [0.3, 0.4) is 0 Å². The standard InChI is InChI=1S/C22H24N2O3/c1-26-19-8-5-9-20(16-19)27-15-14-23-22(25)13-11-18-10-12-21(24-18)17-6-3-2-4-7-17/h2-10,12,16,24H,11,13-15H2,1H3,(H,23,25). The molecule has 0 unspecified atom stereocenters. The van der Waals surface area contributed by atoms with E-state index in [1.165, 1.54) is 0 Å². The van der Waals surface area contributed by atoms with E-state index in [1.807, 2.05) is 54.6 Å². The molecule has 0 aliphatic heterocycles. The lowest BCUT2D eigenvalue weighted by Crippen LogP contribution is -2.28. The summed E-state index contributed by atoms with van der Waals surface area (Å²) in [6.45, 7) is 0.885. The summed E-state index contributed by atoms with van der Waals surface area (Å²) >= 11 is 0. The van der Waals surface area contributed by atoms with Crippen molar-refractivity contribution in [2.45, 2.75) is 12.8 Å². The quantitative estimate of drug-likeness (QED) is 0.568. The number of aromatic amines is 1. The number of ether oxygens (including phenoxy) is 2. The van der Waals surface area contributed by atoms with E-state index in [1.54, 1.807) is 7.11 Å². The molecule has 1 heterocycles. The van der Waals surface area contributed by atoms with Gasteiger partial charge >= 0.3 is 0 Å². The molecule has 0 aliphatic rings. The maximum atomic E-state index is 12.0. The molecule has 0 saturated carbocycles. The van der Waals surface area contributed by atoms with Crippen LogP contribution < -0.4 is 14.8 Å². The van der Waals surface area contributed by atoms with Gasteiger partial charge in [0.1, 0.15) is 18.1 Å². The third kappa shape index (κ3) is 5.64. The number of rotatable bonds is 9. The normalized spacial score (nSPS) is 10.4. The van der Waals surface area contributed by atoms with E-state index in [0.717, 1.165) is 28.5 Å². The maximum Gasteiger partial charge on any atom is 0.220 e. The Morgan fingerprint density at radius 2 is 1.81 bits per heavy atom. The second kappa shape index (κ2) is 9.48. The average Bonchev–Trinajstić information content (AvgIpc) is 3.20. The second-order valence-electron chi connectivity index (χ2n) is 6.14. The van der Waals surface area contributed by atoms with Gasteiger partial charge < -0.3 is 19.8 Å². The minimum Gasteiger partial charge on any atom is -0.497 e. The van der Waals surface area contributed by atoms with Crippen molar-refractivity contribution >= 4 is 5.91 Å². The fourth-order valence-corrected chi connectivity index (χ4v) is 2.76. The number of carbonyl (C=O) groups is 1. The van der Waals surface area contributed by atoms with Crippen molar-refractivity contribution in [3.05, 3.63) is 72.4 Å². The van der Waals surface area contributed by atoms with Crippen LogP contribution in [0.4, 0.5) is 0 Å². The Morgan fingerprint density at radius 1 is 1.00 bits per heavy atom. The van der Waals surface area contributed by atoms with Crippen LogP contribution in [0.15, 0.2) is 66.7 Å². The maximum absolute atomic E-state index is 12.0. The molecule has 140 valence electrons. The van der Waals surface area contributed by atoms with Crippen LogP contribution in [-0.4, -0.2) is 31.2 Å². The van der Waals surface area contributed by atoms with Crippen LogP contribution in [0.25, 0.3) is 11.3 Å². The number of hydrogen-bond acceptors (Lipinski definition) is 3. The Labute approximate surface area is 159 Å². The van der Waals surface area contributed by atoms with E-state index in [-0.39, 0.29) is 5.91 Å². The van der Waals surface area contributed by atoms with Gasteiger partial charge in [-0.2, -0.15) is 0 Å². The Balaban J connectivity index is 1.37. The van der Waals surface area contributed by atoms with Crippen LogP contribution in [0.5, 0.6) is 11.5 Å². The number of aromatic nitrogens is 1. The first-order valence-electron chi connectivity index (χ1n) is 9.01. The number of amides is 1. The first-order valence-corrected chi connectivity index (χ1v) is 9.01. The van der Waals surface area contributed by atoms with Crippen molar-refractivity contribution < 1.29 is 14.3 Å². The number of aryl methyl sites for hydroxylation is 1. The van der Waals surface area contributed by atoms with Gasteiger partial charge in [0.15, 0.2) is 0 Å². The SMILES string of the molecule is COc1cccc(OCCNC(=O)CCc2ccc(-c3ccccc3)[nH]2)c1. The Hall–Kier alpha value is -3.21. The molecule has 1 aromatic heterocycles. The second-order valence-corrected chi connectivity index (χ2v) is 6.14. The van der Waals surface area contributed by atoms with Gasteiger partial charge in [-0.05, 0) is 36.2 Å². The van der Waals surface area contributed by atoms with E-state index in [9.17, 15) is 4.79 Å². The minimum atomic E-state index is 0.0140. The highest BCUT2D eigenvalue weighted by molar-refractivity contribution is 5.76. The molecule has 3 aromatic rings. The summed E-state index contributed by atoms with van der Waals surface area (Å²) < 4.78 is 10.8. The predicted octanol–water partition coefficient (Wildman–Crippen LogP) is 3.82. The molecule has 0 spiro atoms. The summed E-state index contributed by atoms with van der Waals surface area (Å²) in [6, 6.07) is 21.6. The summed E-state index contributed by atoms with van der Waals surface area (Å²) in [4.78, 5) is 15.4. The highest BCUT2D eigenvalue weighted by atomic mass is 16.5. The van der Waals surface area contributed by atoms with E-state index in [4.69, 9.17) is 9.47 Å². The Morgan fingerprint density at radius 3 is 2.63 bits per heavy atom. The van der Waals surface area contributed by atoms with Crippen LogP contribution in [0.2, 0.25) is 0 Å². The molecule has 0 fully saturated rings. The summed E-state index contributed by atoms with van der Waals surface area (Å²) in [5, 5.41) is 2.88. The van der Waals surface area contributed by atoms with Gasteiger partial charge in [-0.3, -0.25) is 4.79 Å². The van der Waals surface area contributed by atoms with Crippen molar-refractivity contribution in [3.63, 3.8) is 0 Å². The molecular weight excluding hydrogens is 340 g/mol. The van der Waals surface area contributed by atoms with E-state index >= 15 is 0 Å². The number of carbonyl (C=O) groups excluding carboxylic acids is 1. The summed E-state index contributed by atoms with van der Waals surface area (Å²) in [7, 11) is 1.62. The molecule has 0 radical (unpaired) electrons. The molecule has 0 aliphatic carbocycles. The van der Waals surface area contributed by atoms with Crippen molar-refractivity contribution in [3.8, 4) is 22.8 Å². The molecule has 1 amide bonds. The first kappa shape index (κ1) is 18.6. The summed E-state index contributed by atoms with van der Waals surface area (Å²) in [6.07, 6.45) is 1.11. The van der Waals surface area contributed by atoms with Crippen molar-refractivity contribution in [1.82, 2.24) is 10.3 Å². The zero-order chi connectivity index (χ0) is 18.9. The van der Waals surface area contributed by atoms with Crippen LogP contribution in [0, 0.1) is 0 Å². The number of benzene rings is 2. The summed E-state index contributed by atoms with van der Waals surface area (Å²) in [5.41, 5.74) is 3.26. The molecule has 2 N–H and O–H groups in total. The van der Waals surface area contributed by atoms with Gasteiger partial charge in [-0.1, -0.05) is 36.4 Å². The topological polar surface area (TPSA) is 63.4 Å². The number of hydrogen-bond donors (Lipinski definition) is 2. The van der Waals surface area contributed by atoms with Gasteiger partial charge in [0.2, 0.25) is 5.91 Å². The molecule has 2 aromatic carbocycles. The van der Waals surface area contributed by atoms with Gasteiger partial charge in [0.25, 0.3) is 0 Å². The third-order valence-corrected chi connectivity index (χ3v) is 4.19. The Kier molecular flexibility index (Phi) is 6.52. The van der Waals surface area contributed by atoms with Gasteiger partial charge in [-0.15, -0.1) is 0 Å². The highest BCUT2D eigenvalue weighted by Gasteiger charge is 2.05. The largest absolute Gasteiger partial charge is 0.497 e. The molecule has 5 nitrogen and oxygen atoms in total. The van der Waals surface area contributed by atoms with Crippen LogP contribution >= 0.6 is 0 Å². The zero-order valence-corrected chi connectivity index (χ0v) is 15.4. The lowest BCUT2D eigenvalue weighted by atomic mass is 10.2. The average molecular weight is 364 g/mol.